The van der Waals surface area contributed by atoms with Crippen LogP contribution in [0.2, 0.25) is 0 Å². The second kappa shape index (κ2) is 7.23. The standard InChI is InChI=1S/C21H20F3N3O3/c1-9-7-8-14(16-10(2)11(3)25-12(4)15(9)16)18(28)17-13(5)26-27(6)19(17)30-20(29)21(22,23)24/h7-8H,1-6H3. The van der Waals surface area contributed by atoms with E-state index in [4.69, 9.17) is 0 Å². The first kappa shape index (κ1) is 21.5. The fourth-order valence-corrected chi connectivity index (χ4v) is 3.62. The van der Waals surface area contributed by atoms with Gasteiger partial charge in [0.2, 0.25) is 11.7 Å². The predicted octanol–water partition coefficient (Wildman–Crippen LogP) is 4.21. The highest BCUT2D eigenvalue weighted by Crippen LogP contribution is 2.33. The minimum absolute atomic E-state index is 0.154. The number of hydrogen-bond acceptors (Lipinski definition) is 5. The van der Waals surface area contributed by atoms with Gasteiger partial charge in [0.05, 0.1) is 5.69 Å². The number of hydrogen-bond donors (Lipinski definition) is 0. The van der Waals surface area contributed by atoms with Crippen molar-refractivity contribution in [2.45, 2.75) is 40.8 Å². The average molecular weight is 419 g/mol. The highest BCUT2D eigenvalue weighted by Gasteiger charge is 2.43. The van der Waals surface area contributed by atoms with Gasteiger partial charge in [0, 0.05) is 29.4 Å². The van der Waals surface area contributed by atoms with E-state index in [1.54, 1.807) is 12.1 Å². The molecule has 1 aromatic carbocycles. The Morgan fingerprint density at radius 2 is 1.60 bits per heavy atom. The van der Waals surface area contributed by atoms with Crippen molar-refractivity contribution in [1.29, 1.82) is 0 Å². The molecule has 0 saturated carbocycles. The van der Waals surface area contributed by atoms with Gasteiger partial charge in [0.25, 0.3) is 0 Å². The summed E-state index contributed by atoms with van der Waals surface area (Å²) in [7, 11) is 1.31. The van der Waals surface area contributed by atoms with Gasteiger partial charge in [-0.25, -0.2) is 9.48 Å². The lowest BCUT2D eigenvalue weighted by molar-refractivity contribution is -0.190. The second-order valence-corrected chi connectivity index (χ2v) is 7.19. The summed E-state index contributed by atoms with van der Waals surface area (Å²) >= 11 is 0. The molecule has 158 valence electrons. The maximum atomic E-state index is 13.5. The van der Waals surface area contributed by atoms with Crippen LogP contribution in [0.5, 0.6) is 5.88 Å². The van der Waals surface area contributed by atoms with Gasteiger partial charge in [-0.2, -0.15) is 18.3 Å². The van der Waals surface area contributed by atoms with Crippen molar-refractivity contribution in [3.05, 3.63) is 51.5 Å². The Morgan fingerprint density at radius 3 is 2.20 bits per heavy atom. The van der Waals surface area contributed by atoms with Crippen LogP contribution in [0.4, 0.5) is 13.2 Å². The molecule has 2 aromatic heterocycles. The Balaban J connectivity index is 2.26. The number of carbonyl (C=O) groups excluding carboxylic acids is 2. The number of fused-ring (bicyclic) bond motifs is 1. The second-order valence-electron chi connectivity index (χ2n) is 7.19. The number of aromatic nitrogens is 3. The van der Waals surface area contributed by atoms with Crippen molar-refractivity contribution >= 4 is 22.5 Å². The van der Waals surface area contributed by atoms with E-state index < -0.39 is 23.8 Å². The summed E-state index contributed by atoms with van der Waals surface area (Å²) in [5.41, 5.74) is 3.44. The van der Waals surface area contributed by atoms with Crippen LogP contribution in [-0.2, 0) is 11.8 Å². The molecule has 2 heterocycles. The lowest BCUT2D eigenvalue weighted by Crippen LogP contribution is -2.29. The van der Waals surface area contributed by atoms with Gasteiger partial charge in [0.1, 0.15) is 5.56 Å². The Hall–Kier alpha value is -3.23. The first-order chi connectivity index (χ1) is 13.8. The van der Waals surface area contributed by atoms with Crippen molar-refractivity contribution in [2.75, 3.05) is 0 Å². The number of carbonyl (C=O) groups is 2. The number of nitrogens with zero attached hydrogens (tertiary/aromatic N) is 3. The molecule has 3 aromatic rings. The van der Waals surface area contributed by atoms with E-state index in [2.05, 4.69) is 14.8 Å². The van der Waals surface area contributed by atoms with Crippen LogP contribution in [0, 0.1) is 34.6 Å². The number of alkyl halides is 3. The number of pyridine rings is 1. The zero-order chi connectivity index (χ0) is 22.5. The summed E-state index contributed by atoms with van der Waals surface area (Å²) in [4.78, 5) is 29.4. The van der Waals surface area contributed by atoms with Crippen molar-refractivity contribution in [3.63, 3.8) is 0 Å². The van der Waals surface area contributed by atoms with Gasteiger partial charge in [-0.15, -0.1) is 0 Å². The zero-order valence-corrected chi connectivity index (χ0v) is 17.4. The molecule has 0 radical (unpaired) electrons. The lowest BCUT2D eigenvalue weighted by Gasteiger charge is -2.15. The molecule has 0 amide bonds. The Bertz CT molecular complexity index is 1210. The minimum Gasteiger partial charge on any atom is -0.400 e. The van der Waals surface area contributed by atoms with Gasteiger partial charge in [-0.05, 0) is 51.1 Å². The third-order valence-electron chi connectivity index (χ3n) is 5.09. The van der Waals surface area contributed by atoms with E-state index in [1.807, 2.05) is 27.7 Å². The largest absolute Gasteiger partial charge is 0.491 e. The van der Waals surface area contributed by atoms with E-state index in [-0.39, 0.29) is 16.8 Å². The summed E-state index contributed by atoms with van der Waals surface area (Å²) in [5.74, 6) is -3.54. The molecule has 3 rings (SSSR count). The number of esters is 1. The Labute approximate surface area is 170 Å². The smallest absolute Gasteiger partial charge is 0.400 e. The van der Waals surface area contributed by atoms with Gasteiger partial charge >= 0.3 is 12.1 Å². The molecule has 0 N–H and O–H groups in total. The highest BCUT2D eigenvalue weighted by atomic mass is 19.4. The molecule has 0 unspecified atom stereocenters. The maximum absolute atomic E-state index is 13.5. The van der Waals surface area contributed by atoms with Crippen LogP contribution in [0.1, 0.15) is 44.1 Å². The summed E-state index contributed by atoms with van der Waals surface area (Å²) in [6.45, 7) is 8.86. The fourth-order valence-electron chi connectivity index (χ4n) is 3.62. The summed E-state index contributed by atoms with van der Waals surface area (Å²) in [6.07, 6.45) is -5.20. The van der Waals surface area contributed by atoms with Crippen molar-refractivity contribution in [2.24, 2.45) is 7.05 Å². The van der Waals surface area contributed by atoms with E-state index in [0.717, 1.165) is 32.6 Å². The number of ketones is 1. The Kier molecular flexibility index (Phi) is 5.17. The SMILES string of the molecule is Cc1nn(C)c(OC(=O)C(F)(F)F)c1C(=O)c1ccc(C)c2c(C)nc(C)c(C)c12. The fraction of sp³-hybridized carbons (Fsp3) is 0.333. The molecule has 30 heavy (non-hydrogen) atoms. The summed E-state index contributed by atoms with van der Waals surface area (Å²) in [5, 5.41) is 5.46. The number of ether oxygens (including phenoxy) is 1. The van der Waals surface area contributed by atoms with Crippen LogP contribution < -0.4 is 4.74 Å². The van der Waals surface area contributed by atoms with E-state index in [1.165, 1.54) is 14.0 Å². The normalized spacial score (nSPS) is 11.8. The molecule has 0 saturated heterocycles. The van der Waals surface area contributed by atoms with E-state index in [0.29, 0.717) is 5.39 Å². The minimum atomic E-state index is -5.20. The summed E-state index contributed by atoms with van der Waals surface area (Å²) < 4.78 is 43.7. The monoisotopic (exact) mass is 419 g/mol. The third kappa shape index (κ3) is 3.44. The highest BCUT2D eigenvalue weighted by molar-refractivity contribution is 6.19. The average Bonchev–Trinajstić information content (AvgIpc) is 2.91. The number of benzene rings is 1. The van der Waals surface area contributed by atoms with Crippen molar-refractivity contribution in [3.8, 4) is 5.88 Å². The van der Waals surface area contributed by atoms with Crippen LogP contribution >= 0.6 is 0 Å². The molecule has 0 atom stereocenters. The van der Waals surface area contributed by atoms with Gasteiger partial charge < -0.3 is 4.74 Å². The Morgan fingerprint density at radius 1 is 0.967 bits per heavy atom. The quantitative estimate of drug-likeness (QED) is 0.470. The maximum Gasteiger partial charge on any atom is 0.491 e. The lowest BCUT2D eigenvalue weighted by atomic mass is 9.91. The van der Waals surface area contributed by atoms with Crippen molar-refractivity contribution < 1.29 is 27.5 Å². The molecule has 9 heteroatoms. The number of halogens is 3. The number of aryl methyl sites for hydroxylation is 6. The van der Waals surface area contributed by atoms with Gasteiger partial charge in [-0.1, -0.05) is 12.1 Å². The molecule has 0 aliphatic carbocycles. The van der Waals surface area contributed by atoms with Crippen molar-refractivity contribution in [1.82, 2.24) is 14.8 Å². The number of rotatable bonds is 3. The van der Waals surface area contributed by atoms with Gasteiger partial charge in [-0.3, -0.25) is 9.78 Å². The van der Waals surface area contributed by atoms with Crippen LogP contribution in [-0.4, -0.2) is 32.7 Å². The molecular formula is C21H20F3N3O3. The van der Waals surface area contributed by atoms with E-state index in [9.17, 15) is 22.8 Å². The van der Waals surface area contributed by atoms with Crippen LogP contribution in [0.3, 0.4) is 0 Å². The van der Waals surface area contributed by atoms with Crippen LogP contribution in [0.15, 0.2) is 12.1 Å². The predicted molar refractivity (Wildman–Crippen MR) is 104 cm³/mol. The molecule has 0 fully saturated rings. The zero-order valence-electron chi connectivity index (χ0n) is 17.4. The summed E-state index contributed by atoms with van der Waals surface area (Å²) in [6, 6.07) is 3.37. The third-order valence-corrected chi connectivity index (χ3v) is 5.09. The molecule has 0 bridgehead atoms. The molecule has 0 spiro atoms. The first-order valence-corrected chi connectivity index (χ1v) is 9.09. The van der Waals surface area contributed by atoms with E-state index >= 15 is 0 Å². The van der Waals surface area contributed by atoms with Crippen LogP contribution in [0.25, 0.3) is 10.8 Å². The molecule has 0 aliphatic heterocycles. The molecule has 6 nitrogen and oxygen atoms in total. The van der Waals surface area contributed by atoms with Gasteiger partial charge in [0.15, 0.2) is 0 Å². The topological polar surface area (TPSA) is 74.1 Å². The first-order valence-electron chi connectivity index (χ1n) is 9.09. The molecule has 0 aliphatic rings. The molecular weight excluding hydrogens is 399 g/mol.